The number of hydrogen-bond acceptors (Lipinski definition) is 4. The van der Waals surface area contributed by atoms with Crippen LogP contribution in [0.5, 0.6) is 0 Å². The maximum atomic E-state index is 12.4. The molecule has 0 bridgehead atoms. The summed E-state index contributed by atoms with van der Waals surface area (Å²) in [6.45, 7) is 4.10. The Hall–Kier alpha value is -2.14. The third kappa shape index (κ3) is 3.29. The van der Waals surface area contributed by atoms with Gasteiger partial charge in [0.2, 0.25) is 0 Å². The summed E-state index contributed by atoms with van der Waals surface area (Å²) in [6, 6.07) is 11.6. The Bertz CT molecular complexity index is 671. The van der Waals surface area contributed by atoms with Crippen molar-refractivity contribution in [3.8, 4) is 0 Å². The first-order valence-corrected chi connectivity index (χ1v) is 8.32. The van der Waals surface area contributed by atoms with Crippen molar-refractivity contribution in [1.82, 2.24) is 15.0 Å². The largest absolute Gasteiger partial charge is 0.361 e. The van der Waals surface area contributed by atoms with Gasteiger partial charge < -0.3 is 9.42 Å². The van der Waals surface area contributed by atoms with Crippen LogP contribution in [0, 0.1) is 0 Å². The third-order valence-electron chi connectivity index (χ3n) is 4.62. The number of carbonyl (C=O) groups is 1. The minimum absolute atomic E-state index is 0.128. The van der Waals surface area contributed by atoms with Gasteiger partial charge in [-0.3, -0.25) is 9.69 Å². The summed E-state index contributed by atoms with van der Waals surface area (Å²) in [5, 5.41) is 4.18. The molecule has 2 heterocycles. The summed E-state index contributed by atoms with van der Waals surface area (Å²) in [7, 11) is 0. The van der Waals surface area contributed by atoms with Gasteiger partial charge in [-0.15, -0.1) is 0 Å². The van der Waals surface area contributed by atoms with Crippen molar-refractivity contribution in [3.05, 3.63) is 53.4 Å². The highest BCUT2D eigenvalue weighted by Gasteiger charge is 2.28. The van der Waals surface area contributed by atoms with Crippen molar-refractivity contribution < 1.29 is 9.32 Å². The van der Waals surface area contributed by atoms with E-state index in [1.54, 1.807) is 0 Å². The van der Waals surface area contributed by atoms with Crippen LogP contribution in [0.25, 0.3) is 0 Å². The lowest BCUT2D eigenvalue weighted by Crippen LogP contribution is -2.48. The van der Waals surface area contributed by atoms with Crippen LogP contribution in [0.15, 0.2) is 40.9 Å². The number of aromatic nitrogens is 1. The molecule has 5 nitrogen and oxygen atoms in total. The van der Waals surface area contributed by atoms with Gasteiger partial charge in [-0.25, -0.2) is 0 Å². The van der Waals surface area contributed by atoms with Crippen LogP contribution in [0.3, 0.4) is 0 Å². The van der Waals surface area contributed by atoms with E-state index in [1.807, 2.05) is 35.2 Å². The monoisotopic (exact) mass is 311 g/mol. The number of benzene rings is 1. The predicted octanol–water partition coefficient (Wildman–Crippen LogP) is 2.51. The minimum Gasteiger partial charge on any atom is -0.361 e. The average molecular weight is 311 g/mol. The van der Waals surface area contributed by atoms with Crippen LogP contribution < -0.4 is 0 Å². The van der Waals surface area contributed by atoms with E-state index in [4.69, 9.17) is 4.52 Å². The average Bonchev–Trinajstić information content (AvgIpc) is 3.36. The molecule has 0 atom stereocenters. The molecule has 120 valence electrons. The number of piperazine rings is 1. The summed E-state index contributed by atoms with van der Waals surface area (Å²) >= 11 is 0. The number of nitrogens with zero attached hydrogens (tertiary/aromatic N) is 3. The van der Waals surface area contributed by atoms with Gasteiger partial charge in [0.25, 0.3) is 5.91 Å². The second-order valence-electron chi connectivity index (χ2n) is 6.43. The number of hydrogen-bond donors (Lipinski definition) is 0. The van der Waals surface area contributed by atoms with E-state index in [0.29, 0.717) is 5.92 Å². The van der Waals surface area contributed by atoms with Crippen LogP contribution in [0.1, 0.15) is 40.6 Å². The first-order chi connectivity index (χ1) is 11.3. The Morgan fingerprint density at radius 2 is 1.87 bits per heavy atom. The lowest BCUT2D eigenvalue weighted by Gasteiger charge is -2.34. The zero-order valence-corrected chi connectivity index (χ0v) is 13.1. The van der Waals surface area contributed by atoms with Crippen molar-refractivity contribution in [2.75, 3.05) is 26.2 Å². The highest BCUT2D eigenvalue weighted by atomic mass is 16.5. The summed E-state index contributed by atoms with van der Waals surface area (Å²) < 4.78 is 5.41. The van der Waals surface area contributed by atoms with Crippen molar-refractivity contribution in [1.29, 1.82) is 0 Å². The fourth-order valence-electron chi connectivity index (χ4n) is 3.06. The molecule has 1 aromatic heterocycles. The van der Waals surface area contributed by atoms with E-state index in [-0.39, 0.29) is 5.91 Å². The second kappa shape index (κ2) is 6.16. The molecule has 4 rings (SSSR count). The molecule has 1 saturated carbocycles. The van der Waals surface area contributed by atoms with Gasteiger partial charge in [0.1, 0.15) is 5.76 Å². The van der Waals surface area contributed by atoms with Crippen LogP contribution in [-0.2, 0) is 6.54 Å². The van der Waals surface area contributed by atoms with Crippen LogP contribution in [0.4, 0.5) is 0 Å². The molecule has 0 N–H and O–H groups in total. The van der Waals surface area contributed by atoms with E-state index >= 15 is 0 Å². The SMILES string of the molecule is O=C(c1ccccc1)N1CCN(Cc2cc(C3CC3)on2)CC1. The fraction of sp³-hybridized carbons (Fsp3) is 0.444. The Morgan fingerprint density at radius 1 is 1.13 bits per heavy atom. The van der Waals surface area contributed by atoms with Gasteiger partial charge in [0, 0.05) is 50.3 Å². The second-order valence-corrected chi connectivity index (χ2v) is 6.43. The molecular formula is C18H21N3O2. The predicted molar refractivity (Wildman–Crippen MR) is 86.1 cm³/mol. The standard InChI is InChI=1S/C18H21N3O2/c22-18(15-4-2-1-3-5-15)21-10-8-20(9-11-21)13-16-12-17(23-19-16)14-6-7-14/h1-5,12,14H,6-11,13H2. The number of rotatable bonds is 4. The van der Waals surface area contributed by atoms with Gasteiger partial charge >= 0.3 is 0 Å². The van der Waals surface area contributed by atoms with Crippen molar-refractivity contribution in [3.63, 3.8) is 0 Å². The van der Waals surface area contributed by atoms with Crippen LogP contribution in [-0.4, -0.2) is 47.0 Å². The van der Waals surface area contributed by atoms with Crippen molar-refractivity contribution in [2.45, 2.75) is 25.3 Å². The summed E-state index contributed by atoms with van der Waals surface area (Å²) in [5.41, 5.74) is 1.78. The molecule has 1 aliphatic heterocycles. The lowest BCUT2D eigenvalue weighted by atomic mass is 10.2. The summed E-state index contributed by atoms with van der Waals surface area (Å²) in [4.78, 5) is 16.7. The fourth-order valence-corrected chi connectivity index (χ4v) is 3.06. The van der Waals surface area contributed by atoms with Gasteiger partial charge in [-0.2, -0.15) is 0 Å². The molecule has 2 aliphatic rings. The number of amides is 1. The van der Waals surface area contributed by atoms with Gasteiger partial charge in [-0.05, 0) is 25.0 Å². The molecule has 23 heavy (non-hydrogen) atoms. The summed E-state index contributed by atoms with van der Waals surface area (Å²) in [5.74, 6) is 1.78. The third-order valence-corrected chi connectivity index (χ3v) is 4.62. The maximum absolute atomic E-state index is 12.4. The molecular weight excluding hydrogens is 290 g/mol. The minimum atomic E-state index is 0.128. The highest BCUT2D eigenvalue weighted by Crippen LogP contribution is 2.40. The summed E-state index contributed by atoms with van der Waals surface area (Å²) in [6.07, 6.45) is 2.46. The first kappa shape index (κ1) is 14.5. The van der Waals surface area contributed by atoms with E-state index in [9.17, 15) is 4.79 Å². The van der Waals surface area contributed by atoms with Gasteiger partial charge in [-0.1, -0.05) is 23.4 Å². The maximum Gasteiger partial charge on any atom is 0.253 e. The molecule has 1 aliphatic carbocycles. The molecule has 2 aromatic rings. The topological polar surface area (TPSA) is 49.6 Å². The molecule has 1 saturated heterocycles. The molecule has 0 unspecified atom stereocenters. The Kier molecular flexibility index (Phi) is 3.87. The van der Waals surface area contributed by atoms with E-state index in [1.165, 1.54) is 12.8 Å². The zero-order valence-electron chi connectivity index (χ0n) is 13.1. The molecule has 2 fully saturated rings. The smallest absolute Gasteiger partial charge is 0.253 e. The quantitative estimate of drug-likeness (QED) is 0.870. The number of carbonyl (C=O) groups excluding carboxylic acids is 1. The van der Waals surface area contributed by atoms with Crippen molar-refractivity contribution in [2.24, 2.45) is 0 Å². The van der Waals surface area contributed by atoms with Crippen LogP contribution in [0.2, 0.25) is 0 Å². The van der Waals surface area contributed by atoms with Gasteiger partial charge in [0.15, 0.2) is 0 Å². The van der Waals surface area contributed by atoms with E-state index in [2.05, 4.69) is 16.1 Å². The molecule has 0 radical (unpaired) electrons. The zero-order chi connectivity index (χ0) is 15.6. The molecule has 0 spiro atoms. The van der Waals surface area contributed by atoms with Crippen LogP contribution >= 0.6 is 0 Å². The van der Waals surface area contributed by atoms with E-state index in [0.717, 1.165) is 49.7 Å². The first-order valence-electron chi connectivity index (χ1n) is 8.32. The van der Waals surface area contributed by atoms with E-state index < -0.39 is 0 Å². The normalized spacial score (nSPS) is 19.0. The Morgan fingerprint density at radius 3 is 2.57 bits per heavy atom. The Labute approximate surface area is 135 Å². The van der Waals surface area contributed by atoms with Crippen molar-refractivity contribution >= 4 is 5.91 Å². The highest BCUT2D eigenvalue weighted by molar-refractivity contribution is 5.94. The molecule has 1 aromatic carbocycles. The van der Waals surface area contributed by atoms with Gasteiger partial charge in [0.05, 0.1) is 5.69 Å². The molecule has 1 amide bonds. The lowest BCUT2D eigenvalue weighted by molar-refractivity contribution is 0.0625. The Balaban J connectivity index is 1.31. The molecule has 5 heteroatoms.